The van der Waals surface area contributed by atoms with Gasteiger partial charge in [-0.1, -0.05) is 54.7 Å². The minimum atomic E-state index is -1.63. The third-order valence-electron chi connectivity index (χ3n) is 3.07. The van der Waals surface area contributed by atoms with E-state index >= 15 is 0 Å². The van der Waals surface area contributed by atoms with Crippen LogP contribution >= 0.6 is 46.8 Å². The molecule has 1 heterocycles. The van der Waals surface area contributed by atoms with E-state index in [1.54, 1.807) is 18.1 Å². The number of amides is 2. The van der Waals surface area contributed by atoms with E-state index in [0.717, 1.165) is 11.9 Å². The minimum Gasteiger partial charge on any atom is -0.497 e. The first-order valence-electron chi connectivity index (χ1n) is 6.52. The van der Waals surface area contributed by atoms with Gasteiger partial charge in [0.25, 0.3) is 3.12 Å². The summed E-state index contributed by atoms with van der Waals surface area (Å²) in [5.41, 5.74) is 3.77. The normalized spacial score (nSPS) is 19.2. The second kappa shape index (κ2) is 6.93. The van der Waals surface area contributed by atoms with Crippen LogP contribution in [0.5, 0.6) is 5.75 Å². The monoisotopic (exact) mass is 383 g/mol. The highest BCUT2D eigenvalue weighted by Gasteiger charge is 2.43. The van der Waals surface area contributed by atoms with Crippen LogP contribution in [-0.2, 0) is 0 Å². The molecule has 1 unspecified atom stereocenters. The fraction of sp³-hybridized carbons (Fsp3) is 0.462. The molecular formula is C13H16Cl3N3O2S. The maximum Gasteiger partial charge on any atom is 0.350 e. The molecule has 1 N–H and O–H groups in total. The lowest BCUT2D eigenvalue weighted by Gasteiger charge is -2.25. The van der Waals surface area contributed by atoms with Crippen molar-refractivity contribution in [3.8, 4) is 5.75 Å². The van der Waals surface area contributed by atoms with E-state index in [9.17, 15) is 4.79 Å². The molecule has 1 aromatic carbocycles. The molecule has 1 aliphatic heterocycles. The van der Waals surface area contributed by atoms with Gasteiger partial charge in [0.2, 0.25) is 0 Å². The molecule has 1 fully saturated rings. The quantitative estimate of drug-likeness (QED) is 0.617. The van der Waals surface area contributed by atoms with Gasteiger partial charge in [-0.15, -0.1) is 0 Å². The van der Waals surface area contributed by atoms with Crippen molar-refractivity contribution in [3.05, 3.63) is 24.3 Å². The van der Waals surface area contributed by atoms with Gasteiger partial charge in [-0.05, 0) is 18.1 Å². The van der Waals surface area contributed by atoms with Gasteiger partial charge in [0.1, 0.15) is 11.9 Å². The number of methoxy groups -OCH3 is 1. The van der Waals surface area contributed by atoms with Crippen LogP contribution in [0, 0.1) is 5.92 Å². The fourth-order valence-electron chi connectivity index (χ4n) is 2.10. The van der Waals surface area contributed by atoms with Crippen LogP contribution in [0.3, 0.4) is 0 Å². The molecule has 0 spiro atoms. The van der Waals surface area contributed by atoms with Crippen molar-refractivity contribution < 1.29 is 9.53 Å². The lowest BCUT2D eigenvalue weighted by atomic mass is 10.1. The SMILES string of the molecule is COc1cccc(N2C(=O)N(SC(Cl)(Cl)Cl)NC2C(C)C)c1. The molecule has 5 nitrogen and oxygen atoms in total. The summed E-state index contributed by atoms with van der Waals surface area (Å²) >= 11 is 18.1. The van der Waals surface area contributed by atoms with Crippen molar-refractivity contribution in [1.82, 2.24) is 9.84 Å². The van der Waals surface area contributed by atoms with Gasteiger partial charge in [-0.3, -0.25) is 4.90 Å². The van der Waals surface area contributed by atoms with Crippen molar-refractivity contribution in [2.45, 2.75) is 23.1 Å². The number of hydrazine groups is 1. The number of halogens is 3. The predicted molar refractivity (Wildman–Crippen MR) is 92.4 cm³/mol. The van der Waals surface area contributed by atoms with E-state index in [4.69, 9.17) is 39.5 Å². The van der Waals surface area contributed by atoms with Crippen molar-refractivity contribution in [2.24, 2.45) is 5.92 Å². The van der Waals surface area contributed by atoms with E-state index in [1.165, 1.54) is 4.41 Å². The van der Waals surface area contributed by atoms with Crippen molar-refractivity contribution in [1.29, 1.82) is 0 Å². The molecule has 9 heteroatoms. The standard InChI is InChI=1S/C13H16Cl3N3O2S/c1-8(2)11-17-19(22-13(14,15)16)12(20)18(11)9-5-4-6-10(7-9)21-3/h4-8,11,17H,1-3H3. The summed E-state index contributed by atoms with van der Waals surface area (Å²) in [5, 5.41) is 0. The summed E-state index contributed by atoms with van der Waals surface area (Å²) in [6, 6.07) is 6.96. The topological polar surface area (TPSA) is 44.8 Å². The van der Waals surface area contributed by atoms with E-state index in [2.05, 4.69) is 5.43 Å². The molecule has 0 bridgehead atoms. The minimum absolute atomic E-state index is 0.149. The fourth-order valence-corrected chi connectivity index (χ4v) is 3.25. The Morgan fingerprint density at radius 3 is 2.59 bits per heavy atom. The van der Waals surface area contributed by atoms with Gasteiger partial charge in [0.05, 0.1) is 12.8 Å². The molecule has 1 atom stereocenters. The number of alkyl halides is 3. The number of hydrogen-bond donors (Lipinski definition) is 1. The van der Waals surface area contributed by atoms with E-state index < -0.39 is 3.12 Å². The zero-order valence-electron chi connectivity index (χ0n) is 12.2. The first-order chi connectivity index (χ1) is 10.2. The van der Waals surface area contributed by atoms with Gasteiger partial charge in [-0.25, -0.2) is 4.79 Å². The number of urea groups is 1. The average Bonchev–Trinajstić information content (AvgIpc) is 2.74. The number of rotatable bonds is 4. The maximum atomic E-state index is 12.6. The summed E-state index contributed by atoms with van der Waals surface area (Å²) < 4.78 is 4.83. The number of nitrogens with one attached hydrogen (secondary N) is 1. The Labute approximate surface area is 148 Å². The molecular weight excluding hydrogens is 369 g/mol. The maximum absolute atomic E-state index is 12.6. The van der Waals surface area contributed by atoms with Gasteiger partial charge in [-0.2, -0.15) is 9.84 Å². The smallest absolute Gasteiger partial charge is 0.350 e. The summed E-state index contributed by atoms with van der Waals surface area (Å²) in [5.74, 6) is 0.816. The first-order valence-corrected chi connectivity index (χ1v) is 8.43. The lowest BCUT2D eigenvalue weighted by Crippen LogP contribution is -2.41. The van der Waals surface area contributed by atoms with Crippen LogP contribution in [-0.4, -0.2) is 26.8 Å². The number of nitrogens with zero attached hydrogens (tertiary/aromatic N) is 2. The molecule has 1 aromatic rings. The Hall–Kier alpha value is -0.530. The second-order valence-electron chi connectivity index (χ2n) is 5.00. The zero-order chi connectivity index (χ0) is 16.5. The molecule has 0 saturated carbocycles. The molecule has 1 aliphatic rings. The number of hydrogen-bond acceptors (Lipinski definition) is 4. The van der Waals surface area contributed by atoms with Gasteiger partial charge in [0.15, 0.2) is 0 Å². The number of benzene rings is 1. The molecule has 1 saturated heterocycles. The van der Waals surface area contributed by atoms with Gasteiger partial charge >= 0.3 is 6.03 Å². The summed E-state index contributed by atoms with van der Waals surface area (Å²) in [6.07, 6.45) is -0.251. The first kappa shape index (κ1) is 17.8. The van der Waals surface area contributed by atoms with Crippen molar-refractivity contribution in [3.63, 3.8) is 0 Å². The zero-order valence-corrected chi connectivity index (χ0v) is 15.3. The summed E-state index contributed by atoms with van der Waals surface area (Å²) in [4.78, 5) is 14.3. The number of carbonyl (C=O) groups is 1. The Balaban J connectivity index is 2.32. The average molecular weight is 385 g/mol. The molecule has 0 aliphatic carbocycles. The Morgan fingerprint density at radius 1 is 1.36 bits per heavy atom. The largest absolute Gasteiger partial charge is 0.497 e. The Kier molecular flexibility index (Phi) is 5.61. The third-order valence-corrected chi connectivity index (χ3v) is 4.34. The Bertz CT molecular complexity index is 554. The van der Waals surface area contributed by atoms with Crippen LogP contribution in [0.4, 0.5) is 10.5 Å². The molecule has 0 aromatic heterocycles. The van der Waals surface area contributed by atoms with Crippen molar-refractivity contribution in [2.75, 3.05) is 12.0 Å². The predicted octanol–water partition coefficient (Wildman–Crippen LogP) is 4.40. The van der Waals surface area contributed by atoms with E-state index in [1.807, 2.05) is 32.0 Å². The van der Waals surface area contributed by atoms with Crippen LogP contribution in [0.2, 0.25) is 0 Å². The molecule has 2 rings (SSSR count). The molecule has 0 radical (unpaired) electrons. The van der Waals surface area contributed by atoms with Gasteiger partial charge < -0.3 is 4.74 Å². The summed E-state index contributed by atoms with van der Waals surface area (Å²) in [7, 11) is 1.58. The van der Waals surface area contributed by atoms with E-state index in [0.29, 0.717) is 11.4 Å². The van der Waals surface area contributed by atoms with Crippen LogP contribution in [0.25, 0.3) is 0 Å². The number of carbonyl (C=O) groups excluding carboxylic acids is 1. The second-order valence-corrected chi connectivity index (χ2v) is 9.12. The Morgan fingerprint density at radius 2 is 2.05 bits per heavy atom. The third kappa shape index (κ3) is 4.06. The van der Waals surface area contributed by atoms with Gasteiger partial charge in [0, 0.05) is 18.0 Å². The highest BCUT2D eigenvalue weighted by molar-refractivity contribution is 8.03. The molecule has 22 heavy (non-hydrogen) atoms. The lowest BCUT2D eigenvalue weighted by molar-refractivity contribution is 0.235. The van der Waals surface area contributed by atoms with Crippen LogP contribution in [0.1, 0.15) is 13.8 Å². The highest BCUT2D eigenvalue weighted by Crippen LogP contribution is 2.43. The molecule has 122 valence electrons. The number of anilines is 1. The van der Waals surface area contributed by atoms with Crippen LogP contribution in [0.15, 0.2) is 24.3 Å². The van der Waals surface area contributed by atoms with E-state index in [-0.39, 0.29) is 18.1 Å². The number of ether oxygens (including phenoxy) is 1. The summed E-state index contributed by atoms with van der Waals surface area (Å²) in [6.45, 7) is 4.00. The van der Waals surface area contributed by atoms with Crippen LogP contribution < -0.4 is 15.1 Å². The highest BCUT2D eigenvalue weighted by atomic mass is 35.6. The molecule has 2 amide bonds. The van der Waals surface area contributed by atoms with Crippen molar-refractivity contribution >= 4 is 58.5 Å².